The quantitative estimate of drug-likeness (QED) is 0.261. The van der Waals surface area contributed by atoms with Crippen LogP contribution < -0.4 is 0 Å². The molecule has 4 nitrogen and oxygen atoms in total. The molecule has 154 valence electrons. The molecule has 0 unspecified atom stereocenters. The molecule has 0 atom stereocenters. The average molecular weight is 442 g/mol. The molecule has 0 saturated heterocycles. The lowest BCUT2D eigenvalue weighted by Crippen LogP contribution is -1.93. The zero-order chi connectivity index (χ0) is 21.5. The van der Waals surface area contributed by atoms with Gasteiger partial charge in [-0.15, -0.1) is 11.3 Å². The minimum atomic E-state index is 0.920. The molecule has 4 aromatic heterocycles. The topological polar surface area (TPSA) is 43.9 Å². The van der Waals surface area contributed by atoms with Crippen molar-refractivity contribution in [3.63, 3.8) is 0 Å². The van der Waals surface area contributed by atoms with E-state index in [1.807, 2.05) is 12.1 Å². The number of rotatable bonds is 1. The molecule has 5 heteroatoms. The zero-order valence-corrected chi connectivity index (χ0v) is 18.1. The van der Waals surface area contributed by atoms with Crippen LogP contribution in [0.25, 0.3) is 69.9 Å². The van der Waals surface area contributed by atoms with E-state index in [9.17, 15) is 0 Å². The predicted molar refractivity (Wildman–Crippen MR) is 137 cm³/mol. The van der Waals surface area contributed by atoms with Crippen LogP contribution in [0.1, 0.15) is 0 Å². The van der Waals surface area contributed by atoms with E-state index in [-0.39, 0.29) is 0 Å². The van der Waals surface area contributed by atoms with Crippen LogP contribution in [0.2, 0.25) is 0 Å². The highest BCUT2D eigenvalue weighted by Gasteiger charge is 2.19. The van der Waals surface area contributed by atoms with E-state index in [1.54, 1.807) is 23.7 Å². The maximum Gasteiger partial charge on any atom is 0.145 e. The van der Waals surface area contributed by atoms with Crippen LogP contribution >= 0.6 is 11.3 Å². The number of furan rings is 1. The molecule has 0 spiro atoms. The number of aromatic nitrogens is 3. The fourth-order valence-electron chi connectivity index (χ4n) is 5.13. The average Bonchev–Trinajstić information content (AvgIpc) is 3.52. The van der Waals surface area contributed by atoms with Gasteiger partial charge >= 0.3 is 0 Å². The number of nitrogens with zero attached hydrogens (tertiary/aromatic N) is 3. The Morgan fingerprint density at radius 3 is 2.48 bits per heavy atom. The molecule has 4 aromatic carbocycles. The van der Waals surface area contributed by atoms with Gasteiger partial charge in [-0.3, -0.25) is 4.98 Å². The van der Waals surface area contributed by atoms with Gasteiger partial charge in [-0.1, -0.05) is 36.4 Å². The van der Waals surface area contributed by atoms with Crippen LogP contribution in [0, 0.1) is 0 Å². The first kappa shape index (κ1) is 17.3. The Bertz CT molecular complexity index is 2040. The van der Waals surface area contributed by atoms with Gasteiger partial charge in [0.1, 0.15) is 21.5 Å². The van der Waals surface area contributed by atoms with E-state index in [2.05, 4.69) is 81.3 Å². The molecule has 4 heterocycles. The van der Waals surface area contributed by atoms with Crippen LogP contribution in [0.15, 0.2) is 95.7 Å². The second kappa shape index (κ2) is 6.18. The van der Waals surface area contributed by atoms with Crippen molar-refractivity contribution in [3.05, 3.63) is 91.3 Å². The number of hydrogen-bond acceptors (Lipinski definition) is 4. The fourth-order valence-corrected chi connectivity index (χ4v) is 6.17. The van der Waals surface area contributed by atoms with Crippen LogP contribution in [-0.2, 0) is 0 Å². The summed E-state index contributed by atoms with van der Waals surface area (Å²) < 4.78 is 9.93. The Morgan fingerprint density at radius 1 is 0.697 bits per heavy atom. The maximum absolute atomic E-state index is 6.41. The summed E-state index contributed by atoms with van der Waals surface area (Å²) >= 11 is 1.68. The standard InChI is InChI=1S/C28H15N3OS/c1-3-7-21-19(6-1)25-22(12-11-18-17-5-2-4-8-23(17)32-27(18)25)31(21)16-9-10-20-24(15-16)33-28-26(20)29-13-14-30-28/h1-15H. The third-order valence-electron chi connectivity index (χ3n) is 6.53. The smallest absolute Gasteiger partial charge is 0.145 e. The van der Waals surface area contributed by atoms with E-state index in [0.29, 0.717) is 0 Å². The largest absolute Gasteiger partial charge is 0.455 e. The fraction of sp³-hybridized carbons (Fsp3) is 0. The van der Waals surface area contributed by atoms with Gasteiger partial charge in [-0.25, -0.2) is 4.98 Å². The monoisotopic (exact) mass is 441 g/mol. The third kappa shape index (κ3) is 2.24. The number of para-hydroxylation sites is 2. The minimum Gasteiger partial charge on any atom is -0.455 e. The van der Waals surface area contributed by atoms with Gasteiger partial charge < -0.3 is 8.98 Å². The summed E-state index contributed by atoms with van der Waals surface area (Å²) in [4.78, 5) is 10.0. The first-order valence-corrected chi connectivity index (χ1v) is 11.7. The van der Waals surface area contributed by atoms with E-state index >= 15 is 0 Å². The van der Waals surface area contributed by atoms with Gasteiger partial charge in [-0.05, 0) is 42.5 Å². The molecule has 0 aliphatic heterocycles. The normalized spacial score (nSPS) is 12.2. The molecule has 0 saturated carbocycles. The van der Waals surface area contributed by atoms with Crippen molar-refractivity contribution in [1.82, 2.24) is 14.5 Å². The summed E-state index contributed by atoms with van der Waals surface area (Å²) in [6.07, 6.45) is 3.51. The Hall–Kier alpha value is -4.22. The second-order valence-corrected chi connectivity index (χ2v) is 9.31. The van der Waals surface area contributed by atoms with Gasteiger partial charge in [0, 0.05) is 44.3 Å². The Balaban J connectivity index is 1.52. The highest BCUT2D eigenvalue weighted by atomic mass is 32.1. The minimum absolute atomic E-state index is 0.920. The molecule has 0 amide bonds. The second-order valence-electron chi connectivity index (χ2n) is 8.28. The van der Waals surface area contributed by atoms with E-state index in [4.69, 9.17) is 4.42 Å². The maximum atomic E-state index is 6.41. The first-order valence-electron chi connectivity index (χ1n) is 10.8. The van der Waals surface area contributed by atoms with Crippen LogP contribution in [0.5, 0.6) is 0 Å². The van der Waals surface area contributed by atoms with Crippen molar-refractivity contribution in [2.45, 2.75) is 0 Å². The highest BCUT2D eigenvalue weighted by Crippen LogP contribution is 2.41. The molecule has 0 bridgehead atoms. The van der Waals surface area contributed by atoms with E-state index in [1.165, 1.54) is 10.1 Å². The molecule has 0 aliphatic carbocycles. The summed E-state index contributed by atoms with van der Waals surface area (Å²) in [6.45, 7) is 0. The molecular weight excluding hydrogens is 426 g/mol. The summed E-state index contributed by atoms with van der Waals surface area (Å²) in [6, 6.07) is 27.8. The van der Waals surface area contributed by atoms with Crippen molar-refractivity contribution in [3.8, 4) is 5.69 Å². The van der Waals surface area contributed by atoms with Crippen molar-refractivity contribution >= 4 is 75.5 Å². The Labute approximate surface area is 191 Å². The zero-order valence-electron chi connectivity index (χ0n) is 17.3. The molecular formula is C28H15N3OS. The van der Waals surface area contributed by atoms with Crippen molar-refractivity contribution in [1.29, 1.82) is 0 Å². The summed E-state index contributed by atoms with van der Waals surface area (Å²) in [5, 5.41) is 5.79. The third-order valence-corrected chi connectivity index (χ3v) is 7.58. The molecule has 0 radical (unpaired) electrons. The molecule has 0 N–H and O–H groups in total. The van der Waals surface area contributed by atoms with E-state index in [0.717, 1.165) is 59.8 Å². The van der Waals surface area contributed by atoms with Crippen molar-refractivity contribution in [2.24, 2.45) is 0 Å². The Morgan fingerprint density at radius 2 is 1.52 bits per heavy atom. The molecule has 0 fully saturated rings. The molecule has 8 rings (SSSR count). The molecule has 8 aromatic rings. The molecule has 0 aliphatic rings. The van der Waals surface area contributed by atoms with Gasteiger partial charge in [0.25, 0.3) is 0 Å². The first-order chi connectivity index (χ1) is 16.4. The summed E-state index contributed by atoms with van der Waals surface area (Å²) in [5.41, 5.74) is 6.26. The van der Waals surface area contributed by atoms with Gasteiger partial charge in [-0.2, -0.15) is 0 Å². The lowest BCUT2D eigenvalue weighted by Gasteiger charge is -2.08. The van der Waals surface area contributed by atoms with Crippen LogP contribution in [0.4, 0.5) is 0 Å². The number of benzene rings is 4. The van der Waals surface area contributed by atoms with E-state index < -0.39 is 0 Å². The predicted octanol–water partition coefficient (Wildman–Crippen LogP) is 7.84. The number of fused-ring (bicyclic) bond motifs is 10. The number of thiophene rings is 1. The van der Waals surface area contributed by atoms with Gasteiger partial charge in [0.05, 0.1) is 16.4 Å². The van der Waals surface area contributed by atoms with Crippen molar-refractivity contribution < 1.29 is 4.42 Å². The lowest BCUT2D eigenvalue weighted by atomic mass is 10.1. The summed E-state index contributed by atoms with van der Waals surface area (Å²) in [5.74, 6) is 0. The highest BCUT2D eigenvalue weighted by molar-refractivity contribution is 7.25. The lowest BCUT2D eigenvalue weighted by molar-refractivity contribution is 0.673. The number of hydrogen-bond donors (Lipinski definition) is 0. The van der Waals surface area contributed by atoms with Gasteiger partial charge in [0.15, 0.2) is 0 Å². The van der Waals surface area contributed by atoms with Gasteiger partial charge in [0.2, 0.25) is 0 Å². The summed E-state index contributed by atoms with van der Waals surface area (Å²) in [7, 11) is 0. The van der Waals surface area contributed by atoms with Crippen molar-refractivity contribution in [2.75, 3.05) is 0 Å². The SMILES string of the molecule is c1ccc2c(c1)oc1c2ccc2c1c1ccccc1n2-c1ccc2c(c1)sc1nccnc12. The van der Waals surface area contributed by atoms with Crippen LogP contribution in [-0.4, -0.2) is 14.5 Å². The molecule has 33 heavy (non-hydrogen) atoms. The van der Waals surface area contributed by atoms with Crippen LogP contribution in [0.3, 0.4) is 0 Å². The Kier molecular flexibility index (Phi) is 3.25.